The molecule has 2 N–H and O–H groups in total. The number of carboxylic acids is 1. The lowest BCUT2D eigenvalue weighted by Crippen LogP contribution is -2.27. The van der Waals surface area contributed by atoms with Crippen molar-refractivity contribution >= 4 is 31.9 Å². The first kappa shape index (κ1) is 14.7. The van der Waals surface area contributed by atoms with Gasteiger partial charge in [-0.05, 0) is 15.9 Å². The smallest absolute Gasteiger partial charge is 0.371 e. The van der Waals surface area contributed by atoms with Crippen LogP contribution in [0.4, 0.5) is 0 Å². The molecule has 2 aromatic heterocycles. The average molecular weight is 365 g/mol. The maximum absolute atomic E-state index is 12.0. The van der Waals surface area contributed by atoms with Gasteiger partial charge in [0.1, 0.15) is 4.90 Å². The van der Waals surface area contributed by atoms with Crippen LogP contribution in [0.3, 0.4) is 0 Å². The molecule has 0 unspecified atom stereocenters. The van der Waals surface area contributed by atoms with Crippen molar-refractivity contribution < 1.29 is 22.7 Å². The number of carbonyl (C=O) groups is 1. The van der Waals surface area contributed by atoms with Crippen LogP contribution in [0.25, 0.3) is 0 Å². The molecule has 0 amide bonds. The van der Waals surface area contributed by atoms with Crippen LogP contribution in [0.5, 0.6) is 0 Å². The summed E-state index contributed by atoms with van der Waals surface area (Å²) in [7, 11) is -3.87. The van der Waals surface area contributed by atoms with Gasteiger partial charge in [-0.3, -0.25) is 4.68 Å². The monoisotopic (exact) mass is 364 g/mol. The lowest BCUT2D eigenvalue weighted by Gasteiger charge is -2.04. The Labute approximate surface area is 121 Å². The van der Waals surface area contributed by atoms with Gasteiger partial charge in [-0.2, -0.15) is 0 Å². The van der Waals surface area contributed by atoms with Crippen LogP contribution >= 0.6 is 15.9 Å². The Bertz CT molecular complexity index is 709. The fourth-order valence-corrected chi connectivity index (χ4v) is 3.32. The predicted molar refractivity (Wildman–Crippen MR) is 68.6 cm³/mol. The van der Waals surface area contributed by atoms with E-state index in [4.69, 9.17) is 9.52 Å². The molecule has 0 fully saturated rings. The molecule has 0 spiro atoms. The fourth-order valence-electron chi connectivity index (χ4n) is 1.37. The highest BCUT2D eigenvalue weighted by molar-refractivity contribution is 9.10. The van der Waals surface area contributed by atoms with Crippen molar-refractivity contribution in [2.75, 3.05) is 6.54 Å². The number of hydrogen-bond acceptors (Lipinski definition) is 6. The number of nitrogens with zero attached hydrogens (tertiary/aromatic N) is 3. The summed E-state index contributed by atoms with van der Waals surface area (Å²) in [5.74, 6) is -1.82. The van der Waals surface area contributed by atoms with Crippen LogP contribution in [0.2, 0.25) is 0 Å². The number of furan rings is 1. The molecule has 0 saturated carbocycles. The average Bonchev–Trinajstić information content (AvgIpc) is 2.98. The van der Waals surface area contributed by atoms with Crippen LogP contribution in [0.15, 0.2) is 32.4 Å². The van der Waals surface area contributed by atoms with Gasteiger partial charge >= 0.3 is 5.97 Å². The zero-order valence-corrected chi connectivity index (χ0v) is 12.3. The summed E-state index contributed by atoms with van der Waals surface area (Å²) in [5.41, 5.74) is 0. The molecule has 0 aliphatic heterocycles. The zero-order chi connectivity index (χ0) is 14.8. The van der Waals surface area contributed by atoms with Crippen molar-refractivity contribution in [1.29, 1.82) is 0 Å². The number of sulfonamides is 1. The molecule has 9 nitrogen and oxygen atoms in total. The van der Waals surface area contributed by atoms with E-state index in [2.05, 4.69) is 31.0 Å². The standard InChI is InChI=1S/C9H9BrN4O5S/c10-8-7(5-6(19-8)9(15)16)20(17,18)12-2-4-14-3-1-11-13-14/h1,3,5,12H,2,4H2,(H,15,16). The molecule has 0 saturated heterocycles. The third kappa shape index (κ3) is 3.23. The van der Waals surface area contributed by atoms with Crippen LogP contribution in [0.1, 0.15) is 10.6 Å². The predicted octanol–water partition coefficient (Wildman–Crippen LogP) is 0.310. The highest BCUT2D eigenvalue weighted by atomic mass is 79.9. The second-order valence-corrected chi connectivity index (χ2v) is 6.07. The van der Waals surface area contributed by atoms with Gasteiger partial charge < -0.3 is 9.52 Å². The quantitative estimate of drug-likeness (QED) is 0.754. The summed E-state index contributed by atoms with van der Waals surface area (Å²) in [6.45, 7) is 0.367. The fraction of sp³-hybridized carbons (Fsp3) is 0.222. The molecule has 0 radical (unpaired) electrons. The van der Waals surface area contributed by atoms with Crippen LogP contribution in [-0.4, -0.2) is 41.0 Å². The molecule has 0 atom stereocenters. The number of aromatic carboxylic acids is 1. The number of halogens is 1. The van der Waals surface area contributed by atoms with E-state index < -0.39 is 21.8 Å². The van der Waals surface area contributed by atoms with Gasteiger partial charge in [0.2, 0.25) is 15.8 Å². The highest BCUT2D eigenvalue weighted by Crippen LogP contribution is 2.25. The first-order chi connectivity index (χ1) is 9.40. The summed E-state index contributed by atoms with van der Waals surface area (Å²) < 4.78 is 32.3. The minimum absolute atomic E-state index is 0.0751. The van der Waals surface area contributed by atoms with Crippen molar-refractivity contribution in [3.63, 3.8) is 0 Å². The first-order valence-electron chi connectivity index (χ1n) is 5.26. The van der Waals surface area contributed by atoms with E-state index in [1.165, 1.54) is 10.9 Å². The number of carboxylic acid groups (broad SMARTS) is 1. The lowest BCUT2D eigenvalue weighted by molar-refractivity contribution is 0.0661. The van der Waals surface area contributed by atoms with E-state index in [1.54, 1.807) is 6.20 Å². The summed E-state index contributed by atoms with van der Waals surface area (Å²) in [6, 6.07) is 0.935. The Kier molecular flexibility index (Phi) is 4.20. The SMILES string of the molecule is O=C(O)c1cc(S(=O)(=O)NCCn2ccnn2)c(Br)o1. The molecule has 11 heteroatoms. The van der Waals surface area contributed by atoms with E-state index in [-0.39, 0.29) is 16.1 Å². The van der Waals surface area contributed by atoms with E-state index in [9.17, 15) is 13.2 Å². The second-order valence-electron chi connectivity index (χ2n) is 3.62. The van der Waals surface area contributed by atoms with Crippen molar-refractivity contribution in [3.05, 3.63) is 28.9 Å². The molecular formula is C9H9BrN4O5S. The van der Waals surface area contributed by atoms with Crippen molar-refractivity contribution in [2.24, 2.45) is 0 Å². The molecule has 0 bridgehead atoms. The van der Waals surface area contributed by atoms with Crippen molar-refractivity contribution in [1.82, 2.24) is 19.7 Å². The Morgan fingerprint density at radius 3 is 2.85 bits per heavy atom. The second kappa shape index (κ2) is 5.73. The molecule has 0 aromatic carbocycles. The molecule has 0 aliphatic rings. The van der Waals surface area contributed by atoms with E-state index >= 15 is 0 Å². The Morgan fingerprint density at radius 2 is 2.30 bits per heavy atom. The van der Waals surface area contributed by atoms with Gasteiger partial charge in [-0.1, -0.05) is 5.21 Å². The van der Waals surface area contributed by atoms with E-state index in [0.717, 1.165) is 6.07 Å². The molecule has 2 heterocycles. The van der Waals surface area contributed by atoms with Crippen LogP contribution in [0, 0.1) is 0 Å². The molecule has 2 rings (SSSR count). The molecule has 0 aliphatic carbocycles. The molecule has 20 heavy (non-hydrogen) atoms. The normalized spacial score (nSPS) is 11.7. The van der Waals surface area contributed by atoms with Gasteiger partial charge in [-0.15, -0.1) is 5.10 Å². The third-order valence-electron chi connectivity index (χ3n) is 2.26. The first-order valence-corrected chi connectivity index (χ1v) is 7.54. The van der Waals surface area contributed by atoms with Crippen LogP contribution < -0.4 is 4.72 Å². The number of aromatic nitrogens is 3. The maximum Gasteiger partial charge on any atom is 0.371 e. The summed E-state index contributed by atoms with van der Waals surface area (Å²) in [6.07, 6.45) is 3.06. The molecule has 2 aromatic rings. The lowest BCUT2D eigenvalue weighted by atomic mass is 10.5. The van der Waals surface area contributed by atoms with Gasteiger partial charge in [0, 0.05) is 18.8 Å². The largest absolute Gasteiger partial charge is 0.475 e. The van der Waals surface area contributed by atoms with E-state index in [1.807, 2.05) is 0 Å². The van der Waals surface area contributed by atoms with Gasteiger partial charge in [-0.25, -0.2) is 17.9 Å². The topological polar surface area (TPSA) is 127 Å². The van der Waals surface area contributed by atoms with Crippen molar-refractivity contribution in [3.8, 4) is 0 Å². The van der Waals surface area contributed by atoms with E-state index in [0.29, 0.717) is 6.54 Å². The van der Waals surface area contributed by atoms with Crippen molar-refractivity contribution in [2.45, 2.75) is 11.4 Å². The van der Waals surface area contributed by atoms with Gasteiger partial charge in [0.25, 0.3) is 0 Å². The number of nitrogens with one attached hydrogen (secondary N) is 1. The maximum atomic E-state index is 12.0. The zero-order valence-electron chi connectivity index (χ0n) is 9.85. The molecule has 108 valence electrons. The Hall–Kier alpha value is -1.72. The summed E-state index contributed by atoms with van der Waals surface area (Å²) >= 11 is 2.88. The third-order valence-corrected chi connectivity index (χ3v) is 4.58. The Morgan fingerprint density at radius 1 is 1.55 bits per heavy atom. The summed E-state index contributed by atoms with van der Waals surface area (Å²) in [5, 5.41) is 16.0. The minimum atomic E-state index is -3.87. The van der Waals surface area contributed by atoms with Gasteiger partial charge in [0.05, 0.1) is 12.7 Å². The van der Waals surface area contributed by atoms with Crippen LogP contribution in [-0.2, 0) is 16.6 Å². The highest BCUT2D eigenvalue weighted by Gasteiger charge is 2.24. The Balaban J connectivity index is 2.08. The minimum Gasteiger partial charge on any atom is -0.475 e. The molecular weight excluding hydrogens is 356 g/mol. The van der Waals surface area contributed by atoms with Gasteiger partial charge in [0.15, 0.2) is 4.67 Å². The summed E-state index contributed by atoms with van der Waals surface area (Å²) in [4.78, 5) is 10.4. The number of rotatable bonds is 6. The number of hydrogen-bond donors (Lipinski definition) is 2.